The van der Waals surface area contributed by atoms with Crippen molar-refractivity contribution in [1.29, 1.82) is 0 Å². The van der Waals surface area contributed by atoms with Gasteiger partial charge in [0, 0.05) is 23.9 Å². The zero-order valence-electron chi connectivity index (χ0n) is 10.9. The van der Waals surface area contributed by atoms with Crippen LogP contribution >= 0.6 is 11.6 Å². The van der Waals surface area contributed by atoms with Gasteiger partial charge in [-0.1, -0.05) is 37.5 Å². The summed E-state index contributed by atoms with van der Waals surface area (Å²) in [5.74, 6) is 0.0810. The van der Waals surface area contributed by atoms with Crippen LogP contribution in [0.1, 0.15) is 33.6 Å². The normalized spacial score (nSPS) is 36.2. The molecule has 1 amide bonds. The summed E-state index contributed by atoms with van der Waals surface area (Å²) in [6.07, 6.45) is 0.759. The molecule has 6 heteroatoms. The third kappa shape index (κ3) is 1.85. The van der Waals surface area contributed by atoms with E-state index in [2.05, 4.69) is 25.9 Å². The molecule has 2 N–H and O–H groups in total. The number of hydrogen-bond acceptors (Lipinski definition) is 3. The van der Waals surface area contributed by atoms with Gasteiger partial charge in [0.1, 0.15) is 5.17 Å². The third-order valence-electron chi connectivity index (χ3n) is 4.18. The second kappa shape index (κ2) is 4.02. The minimum absolute atomic E-state index is 0.0157. The molecule has 0 radical (unpaired) electrons. The highest BCUT2D eigenvalue weighted by Gasteiger charge is 2.64. The summed E-state index contributed by atoms with van der Waals surface area (Å²) in [6.45, 7) is 6.74. The van der Waals surface area contributed by atoms with Crippen molar-refractivity contribution >= 4 is 22.9 Å². The largest absolute Gasteiger partial charge is 0.465 e. The van der Waals surface area contributed by atoms with Crippen LogP contribution < -0.4 is 0 Å². The average Bonchev–Trinajstić information content (AvgIpc) is 2.09. The lowest BCUT2D eigenvalue weighted by Gasteiger charge is -2.67. The zero-order valence-corrected chi connectivity index (χ0v) is 11.6. The maximum absolute atomic E-state index is 11.2. The first kappa shape index (κ1) is 13.5. The summed E-state index contributed by atoms with van der Waals surface area (Å²) in [7, 11) is 0. The predicted octanol–water partition coefficient (Wildman–Crippen LogP) is 2.82. The molecule has 0 bridgehead atoms. The van der Waals surface area contributed by atoms with E-state index < -0.39 is 6.09 Å². The molecule has 5 nitrogen and oxygen atoms in total. The molecule has 2 rings (SSSR count). The Balaban J connectivity index is 2.11. The monoisotopic (exact) mass is 274 g/mol. The Bertz CT molecular complexity index is 397. The number of oxime groups is 1. The Labute approximate surface area is 111 Å². The highest BCUT2D eigenvalue weighted by molar-refractivity contribution is 6.65. The van der Waals surface area contributed by atoms with Gasteiger partial charge < -0.3 is 15.2 Å². The van der Waals surface area contributed by atoms with Crippen LogP contribution in [0.5, 0.6) is 0 Å². The summed E-state index contributed by atoms with van der Waals surface area (Å²) in [6, 6.07) is 0.0157. The van der Waals surface area contributed by atoms with Crippen molar-refractivity contribution in [3.8, 4) is 0 Å². The molecule has 1 atom stereocenters. The van der Waals surface area contributed by atoms with E-state index in [-0.39, 0.29) is 28.0 Å². The van der Waals surface area contributed by atoms with Crippen LogP contribution in [-0.2, 0) is 0 Å². The van der Waals surface area contributed by atoms with Crippen LogP contribution in [-0.4, -0.2) is 39.1 Å². The topological polar surface area (TPSA) is 73.1 Å². The maximum Gasteiger partial charge on any atom is 0.407 e. The second-order valence-corrected chi connectivity index (χ2v) is 6.96. The van der Waals surface area contributed by atoms with Crippen molar-refractivity contribution in [3.05, 3.63) is 0 Å². The predicted molar refractivity (Wildman–Crippen MR) is 68.2 cm³/mol. The summed E-state index contributed by atoms with van der Waals surface area (Å²) in [5, 5.41) is 21.1. The fourth-order valence-electron chi connectivity index (χ4n) is 3.82. The van der Waals surface area contributed by atoms with Crippen LogP contribution in [0.2, 0.25) is 0 Å². The van der Waals surface area contributed by atoms with Gasteiger partial charge in [-0.15, -0.1) is 0 Å². The molecule has 0 aromatic carbocycles. The van der Waals surface area contributed by atoms with Gasteiger partial charge in [-0.3, -0.25) is 0 Å². The van der Waals surface area contributed by atoms with Gasteiger partial charge in [-0.2, -0.15) is 0 Å². The van der Waals surface area contributed by atoms with Crippen LogP contribution in [0.3, 0.4) is 0 Å². The number of halogens is 1. The third-order valence-corrected chi connectivity index (χ3v) is 4.57. The highest BCUT2D eigenvalue weighted by atomic mass is 35.5. The molecule has 102 valence electrons. The molecule has 2 aliphatic rings. The first-order chi connectivity index (χ1) is 8.21. The van der Waals surface area contributed by atoms with Crippen LogP contribution in [0.25, 0.3) is 0 Å². The molecule has 1 spiro atoms. The molecule has 1 aliphatic carbocycles. The zero-order chi connectivity index (χ0) is 13.7. The summed E-state index contributed by atoms with van der Waals surface area (Å²) in [5.41, 5.74) is -0.0728. The van der Waals surface area contributed by atoms with Crippen molar-refractivity contribution < 1.29 is 15.1 Å². The first-order valence-electron chi connectivity index (χ1n) is 6.08. The fraction of sp³-hybridized carbons (Fsp3) is 0.833. The fourth-order valence-corrected chi connectivity index (χ4v) is 3.98. The van der Waals surface area contributed by atoms with Gasteiger partial charge in [0.25, 0.3) is 0 Å². The molecule has 1 saturated carbocycles. The SMILES string of the molecule is CC(C)(C)C1N(C(=O)O)CC12CC(/C(Cl)=N/O)C2. The van der Waals surface area contributed by atoms with E-state index in [1.165, 1.54) is 4.90 Å². The Morgan fingerprint density at radius 3 is 2.39 bits per heavy atom. The molecule has 1 heterocycles. The lowest BCUT2D eigenvalue weighted by atomic mass is 9.49. The van der Waals surface area contributed by atoms with E-state index in [0.717, 1.165) is 12.8 Å². The number of nitrogens with zero attached hydrogens (tertiary/aromatic N) is 2. The first-order valence-corrected chi connectivity index (χ1v) is 6.46. The number of carbonyl (C=O) groups is 1. The van der Waals surface area contributed by atoms with Crippen molar-refractivity contribution in [1.82, 2.24) is 4.90 Å². The van der Waals surface area contributed by atoms with Crippen LogP contribution in [0.4, 0.5) is 4.79 Å². The molecule has 1 saturated heterocycles. The summed E-state index contributed by atoms with van der Waals surface area (Å²) < 4.78 is 0. The molecular formula is C12H19ClN2O3. The van der Waals surface area contributed by atoms with E-state index in [1.54, 1.807) is 0 Å². The van der Waals surface area contributed by atoms with Crippen molar-refractivity contribution in [2.75, 3.05) is 6.54 Å². The quantitative estimate of drug-likeness (QED) is 0.439. The second-order valence-electron chi connectivity index (χ2n) is 6.57. The number of rotatable bonds is 1. The maximum atomic E-state index is 11.2. The highest BCUT2D eigenvalue weighted by Crippen LogP contribution is 2.60. The lowest BCUT2D eigenvalue weighted by molar-refractivity contribution is -0.160. The molecule has 18 heavy (non-hydrogen) atoms. The molecule has 2 fully saturated rings. The van der Waals surface area contributed by atoms with Gasteiger partial charge in [0.2, 0.25) is 0 Å². The minimum atomic E-state index is -0.856. The number of likely N-dealkylation sites (tertiary alicyclic amines) is 1. The van der Waals surface area contributed by atoms with E-state index in [1.807, 2.05) is 0 Å². The standard InChI is InChI=1S/C12H19ClN2O3/c1-11(2,3)9-12(6-15(9)10(16)17)4-7(5-12)8(13)14-18/h7,9,18H,4-6H2,1-3H3,(H,16,17)/b14-8-. The number of carboxylic acid groups (broad SMARTS) is 1. The van der Waals surface area contributed by atoms with E-state index in [0.29, 0.717) is 6.54 Å². The van der Waals surface area contributed by atoms with E-state index >= 15 is 0 Å². The average molecular weight is 275 g/mol. The van der Waals surface area contributed by atoms with E-state index in [4.69, 9.17) is 16.8 Å². The molecular weight excluding hydrogens is 256 g/mol. The molecule has 1 aliphatic heterocycles. The summed E-state index contributed by atoms with van der Waals surface area (Å²) in [4.78, 5) is 12.7. The van der Waals surface area contributed by atoms with Gasteiger partial charge >= 0.3 is 6.09 Å². The summed E-state index contributed by atoms with van der Waals surface area (Å²) >= 11 is 5.81. The Kier molecular flexibility index (Phi) is 3.00. The molecule has 0 aromatic rings. The van der Waals surface area contributed by atoms with E-state index in [9.17, 15) is 9.90 Å². The smallest absolute Gasteiger partial charge is 0.407 e. The van der Waals surface area contributed by atoms with Crippen LogP contribution in [0.15, 0.2) is 5.16 Å². The Hall–Kier alpha value is -0.970. The van der Waals surface area contributed by atoms with Gasteiger partial charge in [0.15, 0.2) is 0 Å². The molecule has 1 unspecified atom stereocenters. The van der Waals surface area contributed by atoms with Crippen molar-refractivity contribution in [2.45, 2.75) is 39.7 Å². The van der Waals surface area contributed by atoms with Crippen molar-refractivity contribution in [2.24, 2.45) is 21.9 Å². The van der Waals surface area contributed by atoms with Crippen molar-refractivity contribution in [3.63, 3.8) is 0 Å². The van der Waals surface area contributed by atoms with Gasteiger partial charge in [-0.25, -0.2) is 4.79 Å². The van der Waals surface area contributed by atoms with Gasteiger partial charge in [-0.05, 0) is 18.3 Å². The minimum Gasteiger partial charge on any atom is -0.465 e. The Morgan fingerprint density at radius 2 is 2.00 bits per heavy atom. The molecule has 0 aromatic heterocycles. The van der Waals surface area contributed by atoms with Crippen LogP contribution in [0, 0.1) is 16.7 Å². The number of amides is 1. The lowest BCUT2D eigenvalue weighted by Crippen LogP contribution is -2.74. The number of hydrogen-bond donors (Lipinski definition) is 2. The van der Waals surface area contributed by atoms with Gasteiger partial charge in [0.05, 0.1) is 0 Å². The Morgan fingerprint density at radius 1 is 1.44 bits per heavy atom.